The van der Waals surface area contributed by atoms with E-state index >= 15 is 0 Å². The van der Waals surface area contributed by atoms with Crippen LogP contribution in [0.2, 0.25) is 0 Å². The molecule has 0 fully saturated rings. The summed E-state index contributed by atoms with van der Waals surface area (Å²) < 4.78 is 25.3. The van der Waals surface area contributed by atoms with Crippen molar-refractivity contribution in [3.8, 4) is 11.5 Å². The standard InChI is InChI=1S/C24H18NO4.ClH/c1-2-8-25-18(3-1)22-21-17(4-5-20-23(21)29-14-28-20)19(25)11-24(22,15-6-9-26-12-15)16-7-10-27-13-16;/h1-10,12-13,19,22H,11,14H2;1H/q+1;/p-1/t19-,22-;/m1./s1. The summed E-state index contributed by atoms with van der Waals surface area (Å²) in [6.07, 6.45) is 10.4. The molecule has 0 saturated carbocycles. The molecule has 1 aliphatic carbocycles. The number of nitrogens with zero attached hydrogens (tertiary/aromatic N) is 1. The second-order valence-electron chi connectivity index (χ2n) is 7.98. The summed E-state index contributed by atoms with van der Waals surface area (Å²) in [5, 5.41) is 0. The van der Waals surface area contributed by atoms with E-state index in [4.69, 9.17) is 18.3 Å². The number of rotatable bonds is 2. The molecule has 4 aromatic rings. The SMILES string of the molecule is [Cl-].c1cc[n+]2c(c1)[C@@H]1c3c(ccc4c3OCO4)[C@H]2CC1(c1ccoc1)c1ccoc1. The molecule has 8 rings (SSSR count). The lowest BCUT2D eigenvalue weighted by atomic mass is 9.54. The van der Waals surface area contributed by atoms with Crippen LogP contribution in [0.4, 0.5) is 0 Å². The Kier molecular flexibility index (Phi) is 3.63. The second kappa shape index (κ2) is 6.16. The molecule has 6 heterocycles. The summed E-state index contributed by atoms with van der Waals surface area (Å²) in [4.78, 5) is 0. The first kappa shape index (κ1) is 17.7. The third kappa shape index (κ3) is 2.00. The van der Waals surface area contributed by atoms with Gasteiger partial charge in [0.1, 0.15) is 0 Å². The van der Waals surface area contributed by atoms with Crippen molar-refractivity contribution in [2.24, 2.45) is 0 Å². The molecule has 0 N–H and O–H groups in total. The third-order valence-corrected chi connectivity index (χ3v) is 6.89. The van der Waals surface area contributed by atoms with Gasteiger partial charge in [0.25, 0.3) is 0 Å². The molecular weight excluding hydrogens is 402 g/mol. The van der Waals surface area contributed by atoms with Crippen LogP contribution < -0.4 is 26.4 Å². The maximum Gasteiger partial charge on any atom is 0.231 e. The first-order valence-electron chi connectivity index (χ1n) is 9.86. The average molecular weight is 420 g/mol. The van der Waals surface area contributed by atoms with Gasteiger partial charge in [0.15, 0.2) is 29.4 Å². The highest BCUT2D eigenvalue weighted by Crippen LogP contribution is 2.62. The van der Waals surface area contributed by atoms with Crippen LogP contribution in [-0.2, 0) is 5.41 Å². The van der Waals surface area contributed by atoms with Crippen LogP contribution in [0.15, 0.2) is 82.5 Å². The van der Waals surface area contributed by atoms with Gasteiger partial charge < -0.3 is 30.7 Å². The molecule has 5 nitrogen and oxygen atoms in total. The number of furan rings is 2. The molecule has 3 aromatic heterocycles. The predicted octanol–water partition coefficient (Wildman–Crippen LogP) is 1.32. The number of hydrogen-bond donors (Lipinski definition) is 0. The van der Waals surface area contributed by atoms with Crippen LogP contribution in [0.3, 0.4) is 0 Å². The van der Waals surface area contributed by atoms with Crippen molar-refractivity contribution in [3.63, 3.8) is 0 Å². The Morgan fingerprint density at radius 3 is 2.43 bits per heavy atom. The van der Waals surface area contributed by atoms with Gasteiger partial charge in [0, 0.05) is 40.8 Å². The molecule has 0 radical (unpaired) electrons. The van der Waals surface area contributed by atoms with E-state index in [9.17, 15) is 0 Å². The van der Waals surface area contributed by atoms with Gasteiger partial charge in [0.05, 0.1) is 36.4 Å². The third-order valence-electron chi connectivity index (χ3n) is 6.89. The molecule has 1 aromatic carbocycles. The Hall–Kier alpha value is -3.18. The van der Waals surface area contributed by atoms with Crippen LogP contribution in [0.25, 0.3) is 0 Å². The highest BCUT2D eigenvalue weighted by Gasteiger charge is 2.61. The van der Waals surface area contributed by atoms with E-state index in [-0.39, 0.29) is 36.6 Å². The molecule has 3 aliphatic heterocycles. The van der Waals surface area contributed by atoms with Crippen LogP contribution in [0, 0.1) is 0 Å². The predicted molar refractivity (Wildman–Crippen MR) is 102 cm³/mol. The molecule has 150 valence electrons. The van der Waals surface area contributed by atoms with E-state index < -0.39 is 0 Å². The van der Waals surface area contributed by atoms with Crippen molar-refractivity contribution in [1.29, 1.82) is 0 Å². The van der Waals surface area contributed by atoms with Gasteiger partial charge in [-0.05, 0) is 24.3 Å². The first-order chi connectivity index (χ1) is 14.4. The topological polar surface area (TPSA) is 48.6 Å². The monoisotopic (exact) mass is 419 g/mol. The summed E-state index contributed by atoms with van der Waals surface area (Å²) in [6.45, 7) is 0.266. The minimum atomic E-state index is -0.305. The van der Waals surface area contributed by atoms with E-state index in [2.05, 4.69) is 47.2 Å². The lowest BCUT2D eigenvalue weighted by molar-refractivity contribution is -0.732. The van der Waals surface area contributed by atoms with Crippen molar-refractivity contribution < 1.29 is 35.3 Å². The quantitative estimate of drug-likeness (QED) is 0.460. The van der Waals surface area contributed by atoms with Crippen LogP contribution in [0.5, 0.6) is 11.5 Å². The number of ether oxygens (including phenoxy) is 2. The lowest BCUT2D eigenvalue weighted by Crippen LogP contribution is -3.00. The number of pyridine rings is 1. The normalized spacial score (nSPS) is 21.6. The summed E-state index contributed by atoms with van der Waals surface area (Å²) in [6, 6.07) is 15.0. The Morgan fingerprint density at radius 1 is 0.900 bits per heavy atom. The van der Waals surface area contributed by atoms with Crippen LogP contribution in [-0.4, -0.2) is 6.79 Å². The Morgan fingerprint density at radius 2 is 1.70 bits per heavy atom. The van der Waals surface area contributed by atoms with Crippen LogP contribution in [0.1, 0.15) is 46.3 Å². The second-order valence-corrected chi connectivity index (χ2v) is 7.98. The molecule has 2 bridgehead atoms. The van der Waals surface area contributed by atoms with Gasteiger partial charge in [-0.25, -0.2) is 0 Å². The van der Waals surface area contributed by atoms with E-state index in [1.807, 2.05) is 18.6 Å². The minimum Gasteiger partial charge on any atom is -1.00 e. The highest BCUT2D eigenvalue weighted by atomic mass is 35.5. The largest absolute Gasteiger partial charge is 1.00 e. The van der Waals surface area contributed by atoms with Crippen molar-refractivity contribution in [2.75, 3.05) is 6.79 Å². The fourth-order valence-electron chi connectivity index (χ4n) is 5.80. The minimum absolute atomic E-state index is 0. The number of aromatic nitrogens is 1. The zero-order chi connectivity index (χ0) is 19.0. The molecule has 0 amide bonds. The van der Waals surface area contributed by atoms with Gasteiger partial charge in [-0.3, -0.25) is 0 Å². The van der Waals surface area contributed by atoms with Gasteiger partial charge in [-0.2, -0.15) is 4.57 Å². The number of benzene rings is 1. The molecular formula is C24H18ClNO4. The molecule has 30 heavy (non-hydrogen) atoms. The number of hydrogen-bond acceptors (Lipinski definition) is 4. The van der Waals surface area contributed by atoms with Crippen molar-refractivity contribution in [2.45, 2.75) is 23.8 Å². The molecule has 4 aliphatic rings. The Balaban J connectivity index is 0.00000175. The Labute approximate surface area is 179 Å². The van der Waals surface area contributed by atoms with Gasteiger partial charge >= 0.3 is 0 Å². The van der Waals surface area contributed by atoms with Gasteiger partial charge in [0.2, 0.25) is 6.79 Å². The van der Waals surface area contributed by atoms with Gasteiger partial charge in [-0.1, -0.05) is 6.07 Å². The first-order valence-corrected chi connectivity index (χ1v) is 9.86. The van der Waals surface area contributed by atoms with Crippen LogP contribution >= 0.6 is 0 Å². The fourth-order valence-corrected chi connectivity index (χ4v) is 5.80. The van der Waals surface area contributed by atoms with Crippen molar-refractivity contribution >= 4 is 0 Å². The molecule has 0 saturated heterocycles. The van der Waals surface area contributed by atoms with Gasteiger partial charge in [-0.15, -0.1) is 0 Å². The smallest absolute Gasteiger partial charge is 0.231 e. The van der Waals surface area contributed by atoms with E-state index in [1.165, 1.54) is 16.8 Å². The fraction of sp³-hybridized carbons (Fsp3) is 0.208. The summed E-state index contributed by atoms with van der Waals surface area (Å²) in [5.74, 6) is 1.76. The van der Waals surface area contributed by atoms with Crippen molar-refractivity contribution in [3.05, 3.63) is 102 Å². The van der Waals surface area contributed by atoms with E-state index in [1.54, 1.807) is 12.5 Å². The number of halogens is 1. The average Bonchev–Trinajstić information content (AvgIpc) is 3.56. The zero-order valence-electron chi connectivity index (χ0n) is 16.0. The molecule has 0 unspecified atom stereocenters. The van der Waals surface area contributed by atoms with E-state index in [0.717, 1.165) is 29.0 Å². The maximum atomic E-state index is 6.01. The van der Waals surface area contributed by atoms with E-state index in [0.29, 0.717) is 0 Å². The molecule has 6 heteroatoms. The lowest BCUT2D eigenvalue weighted by Gasteiger charge is -2.48. The molecule has 0 spiro atoms. The molecule has 2 atom stereocenters. The maximum absolute atomic E-state index is 6.01. The summed E-state index contributed by atoms with van der Waals surface area (Å²) in [5.41, 5.74) is 5.82. The zero-order valence-corrected chi connectivity index (χ0v) is 16.7. The highest BCUT2D eigenvalue weighted by molar-refractivity contribution is 5.62. The number of fused-ring (bicyclic) bond motifs is 2. The Bertz CT molecular complexity index is 1200. The van der Waals surface area contributed by atoms with Crippen molar-refractivity contribution in [1.82, 2.24) is 0 Å². The summed E-state index contributed by atoms with van der Waals surface area (Å²) >= 11 is 0. The summed E-state index contributed by atoms with van der Waals surface area (Å²) in [7, 11) is 0.